The maximum Gasteiger partial charge on any atom is 0.338 e. The Bertz CT molecular complexity index is 1640. The molecule has 1 aromatic rings. The molecule has 21 heteroatoms. The molecule has 3 unspecified atom stereocenters. The molecule has 6 N–H and O–H groups in total. The Kier molecular flexibility index (Phi) is 8.72. The smallest absolute Gasteiger partial charge is 0.338 e. The zero-order valence-corrected chi connectivity index (χ0v) is 26.5. The topological polar surface area (TPSA) is 275 Å². The summed E-state index contributed by atoms with van der Waals surface area (Å²) in [7, 11) is 0. The number of carbonyl (C=O) groups excluding carboxylic acids is 6. The summed E-state index contributed by atoms with van der Waals surface area (Å²) in [5.41, 5.74) is -8.40. The monoisotopic (exact) mass is 667 g/mol. The zero-order valence-electron chi connectivity index (χ0n) is 26.5. The van der Waals surface area contributed by atoms with E-state index in [9.17, 15) is 58.5 Å². The number of carbonyl (C=O) groups is 6. The Balaban J connectivity index is 1.71. The van der Waals surface area contributed by atoms with Crippen LogP contribution in [0, 0.1) is 0 Å². The molecule has 3 atom stereocenters. The van der Waals surface area contributed by atoms with E-state index in [-0.39, 0.29) is 13.7 Å². The Morgan fingerprint density at radius 3 is 1.06 bits per heavy atom. The van der Waals surface area contributed by atoms with Crippen molar-refractivity contribution >= 4 is 35.8 Å². The van der Waals surface area contributed by atoms with Crippen molar-refractivity contribution < 1.29 is 44.1 Å². The Hall–Kier alpha value is -4.89. The first-order chi connectivity index (χ1) is 21.5. The van der Waals surface area contributed by atoms with E-state index in [0.717, 1.165) is 0 Å². The van der Waals surface area contributed by atoms with Crippen molar-refractivity contribution in [2.24, 2.45) is 0 Å². The number of aromatic nitrogens is 3. The summed E-state index contributed by atoms with van der Waals surface area (Å²) in [4.78, 5) is 117. The third-order valence-corrected chi connectivity index (χ3v) is 7.89. The maximum absolute atomic E-state index is 13.5. The van der Waals surface area contributed by atoms with E-state index in [1.807, 2.05) is 0 Å². The average molecular weight is 668 g/mol. The summed E-state index contributed by atoms with van der Waals surface area (Å²) < 4.78 is 0.691. The van der Waals surface area contributed by atoms with Crippen LogP contribution in [0.4, 0.5) is 14.4 Å². The first-order valence-corrected chi connectivity index (χ1v) is 14.4. The number of β-amino-alcohol motifs (C(OH)–C–C–N with tert-alkyl or cyclic N) is 3. The zero-order chi connectivity index (χ0) is 35.5. The lowest BCUT2D eigenvalue weighted by atomic mass is 10.1. The molecule has 0 aromatic carbocycles. The number of amides is 9. The molecule has 3 fully saturated rings. The summed E-state index contributed by atoms with van der Waals surface area (Å²) in [6.45, 7) is 4.23. The Morgan fingerprint density at radius 1 is 0.489 bits per heavy atom. The van der Waals surface area contributed by atoms with Crippen LogP contribution >= 0.6 is 0 Å². The summed E-state index contributed by atoms with van der Waals surface area (Å²) in [6, 6.07) is -2.65. The van der Waals surface area contributed by atoms with Crippen molar-refractivity contribution in [3.05, 3.63) is 31.5 Å². The fourth-order valence-electron chi connectivity index (χ4n) is 5.37. The molecule has 0 saturated carbocycles. The van der Waals surface area contributed by atoms with Gasteiger partial charge in [0, 0.05) is 0 Å². The molecule has 1 aromatic heterocycles. The van der Waals surface area contributed by atoms with Gasteiger partial charge in [0.05, 0.1) is 44.9 Å². The second-order valence-corrected chi connectivity index (χ2v) is 13.1. The molecular weight excluding hydrogens is 630 g/mol. The summed E-state index contributed by atoms with van der Waals surface area (Å²) in [6.07, 6.45) is -5.79. The van der Waals surface area contributed by atoms with Crippen LogP contribution in [-0.2, 0) is 27.5 Å². The normalized spacial score (nSPS) is 22.0. The summed E-state index contributed by atoms with van der Waals surface area (Å²) >= 11 is 0. The minimum atomic E-state index is -2.25. The standard InChI is InChI=1S/C26H37N9O12/c1-24(2)15(39)30(18(42)27-24)7-12(36)9-33-21(45)34(10-13(37)8-31-16(40)25(3,4)28-19(31)43)23(47)35(22(33)46)14(38)11-32-17(41)26(5,6)29-20(32)44/h12-14,36-38H,7-11H2,1-6H3,(H,27,42)(H,28,43)(H,29,44). The van der Waals surface area contributed by atoms with Crippen molar-refractivity contribution in [1.82, 2.24) is 44.4 Å². The highest BCUT2D eigenvalue weighted by molar-refractivity contribution is 6.07. The number of aliphatic hydroxyl groups is 3. The van der Waals surface area contributed by atoms with Gasteiger partial charge in [-0.3, -0.25) is 29.1 Å². The largest absolute Gasteiger partial charge is 0.389 e. The van der Waals surface area contributed by atoms with Crippen LogP contribution in [0.25, 0.3) is 0 Å². The molecule has 4 rings (SSSR count). The predicted molar refractivity (Wildman–Crippen MR) is 155 cm³/mol. The van der Waals surface area contributed by atoms with Gasteiger partial charge in [-0.25, -0.2) is 42.5 Å². The van der Waals surface area contributed by atoms with Crippen LogP contribution in [0.1, 0.15) is 47.8 Å². The maximum atomic E-state index is 13.5. The molecule has 0 aliphatic carbocycles. The van der Waals surface area contributed by atoms with E-state index < -0.39 is 121 Å². The fraction of sp³-hybridized carbons (Fsp3) is 0.654. The predicted octanol–water partition coefficient (Wildman–Crippen LogP) is -4.62. The molecule has 4 heterocycles. The highest BCUT2D eigenvalue weighted by atomic mass is 16.3. The molecule has 3 aliphatic heterocycles. The van der Waals surface area contributed by atoms with E-state index in [1.165, 1.54) is 41.5 Å². The molecule has 0 bridgehead atoms. The van der Waals surface area contributed by atoms with E-state index in [0.29, 0.717) is 14.7 Å². The van der Waals surface area contributed by atoms with Crippen molar-refractivity contribution in [2.75, 3.05) is 19.6 Å². The van der Waals surface area contributed by atoms with Crippen molar-refractivity contribution in [1.29, 1.82) is 0 Å². The number of hydrogen-bond donors (Lipinski definition) is 6. The van der Waals surface area contributed by atoms with Crippen LogP contribution in [0.3, 0.4) is 0 Å². The number of imide groups is 3. The third kappa shape index (κ3) is 6.27. The number of rotatable bonds is 11. The van der Waals surface area contributed by atoms with Gasteiger partial charge in [-0.05, 0) is 41.5 Å². The van der Waals surface area contributed by atoms with Crippen LogP contribution in [0.15, 0.2) is 14.4 Å². The molecular formula is C26H37N9O12. The molecule has 47 heavy (non-hydrogen) atoms. The van der Waals surface area contributed by atoms with E-state index in [1.54, 1.807) is 0 Å². The van der Waals surface area contributed by atoms with Gasteiger partial charge < -0.3 is 31.3 Å². The highest BCUT2D eigenvalue weighted by Crippen LogP contribution is 2.19. The van der Waals surface area contributed by atoms with Gasteiger partial charge in [0.25, 0.3) is 17.7 Å². The van der Waals surface area contributed by atoms with E-state index in [4.69, 9.17) is 0 Å². The second kappa shape index (κ2) is 11.7. The SMILES string of the molecule is CC1(C)NC(=O)N(CC(O)Cn2c(=O)n(CC(O)CN3C(=O)NC(C)(C)C3=O)c(=O)n(C(O)CN3C(=O)NC(C)(C)C3=O)c2=O)C1=O. The van der Waals surface area contributed by atoms with E-state index in [2.05, 4.69) is 16.0 Å². The molecule has 9 amide bonds. The number of aliphatic hydroxyl groups excluding tert-OH is 3. The van der Waals surface area contributed by atoms with Gasteiger partial charge in [-0.2, -0.15) is 0 Å². The average Bonchev–Trinajstić information content (AvgIpc) is 3.35. The van der Waals surface area contributed by atoms with E-state index >= 15 is 0 Å². The fourth-order valence-corrected chi connectivity index (χ4v) is 5.37. The van der Waals surface area contributed by atoms with Crippen molar-refractivity contribution in [3.8, 4) is 0 Å². The minimum absolute atomic E-state index is 0.111. The number of nitrogens with one attached hydrogen (secondary N) is 3. The quantitative estimate of drug-likeness (QED) is 0.122. The first-order valence-electron chi connectivity index (χ1n) is 14.4. The van der Waals surface area contributed by atoms with Gasteiger partial charge in [-0.15, -0.1) is 0 Å². The molecule has 258 valence electrons. The molecule has 21 nitrogen and oxygen atoms in total. The summed E-state index contributed by atoms with van der Waals surface area (Å²) in [5.74, 6) is -2.23. The van der Waals surface area contributed by atoms with Gasteiger partial charge >= 0.3 is 35.2 Å². The van der Waals surface area contributed by atoms with Gasteiger partial charge in [0.1, 0.15) is 16.6 Å². The van der Waals surface area contributed by atoms with Gasteiger partial charge in [0.2, 0.25) is 0 Å². The van der Waals surface area contributed by atoms with Crippen LogP contribution in [0.2, 0.25) is 0 Å². The Labute approximate surface area is 265 Å². The van der Waals surface area contributed by atoms with Crippen molar-refractivity contribution in [3.63, 3.8) is 0 Å². The second-order valence-electron chi connectivity index (χ2n) is 13.1. The Morgan fingerprint density at radius 2 is 0.787 bits per heavy atom. The van der Waals surface area contributed by atoms with Gasteiger partial charge in [0.15, 0.2) is 6.23 Å². The molecule has 3 aliphatic rings. The number of urea groups is 3. The molecule has 3 saturated heterocycles. The van der Waals surface area contributed by atoms with Crippen LogP contribution in [-0.4, -0.2) is 128 Å². The molecule has 0 spiro atoms. The first kappa shape index (κ1) is 35.0. The number of nitrogens with zero attached hydrogens (tertiary/aromatic N) is 6. The van der Waals surface area contributed by atoms with Gasteiger partial charge in [-0.1, -0.05) is 0 Å². The highest BCUT2D eigenvalue weighted by Gasteiger charge is 2.47. The minimum Gasteiger partial charge on any atom is -0.389 e. The third-order valence-electron chi connectivity index (χ3n) is 7.89. The lowest BCUT2D eigenvalue weighted by Gasteiger charge is -2.24. The van der Waals surface area contributed by atoms with Crippen LogP contribution in [0.5, 0.6) is 0 Å². The lowest BCUT2D eigenvalue weighted by Crippen LogP contribution is -2.59. The summed E-state index contributed by atoms with van der Waals surface area (Å²) in [5, 5.41) is 39.7. The molecule has 0 radical (unpaired) electrons. The number of hydrogen-bond acceptors (Lipinski definition) is 12. The van der Waals surface area contributed by atoms with Crippen LogP contribution < -0.4 is 33.0 Å². The lowest BCUT2D eigenvalue weighted by molar-refractivity contribution is -0.132. The van der Waals surface area contributed by atoms with Crippen molar-refractivity contribution in [2.45, 2.75) is 89.7 Å².